The van der Waals surface area contributed by atoms with Gasteiger partial charge in [0, 0.05) is 10.9 Å². The van der Waals surface area contributed by atoms with Crippen LogP contribution in [-0.4, -0.2) is 26.4 Å². The lowest BCUT2D eigenvalue weighted by Gasteiger charge is -2.09. The zero-order valence-corrected chi connectivity index (χ0v) is 17.5. The van der Waals surface area contributed by atoms with Crippen molar-refractivity contribution in [2.24, 2.45) is 5.14 Å². The molecule has 1 aromatic heterocycles. The third kappa shape index (κ3) is 4.04. The minimum Gasteiger partial charge on any atom is -0.496 e. The number of carbonyl (C=O) groups is 1. The number of thiazole rings is 1. The number of nitrogens with two attached hydrogens (primary N) is 1. The summed E-state index contributed by atoms with van der Waals surface area (Å²) in [5.74, 6) is -0.317. The lowest BCUT2D eigenvalue weighted by molar-refractivity contribution is 0.102. The fraction of sp³-hybridized carbons (Fsp3) is 0.0476. The molecule has 0 radical (unpaired) electrons. The van der Waals surface area contributed by atoms with E-state index in [1.54, 1.807) is 0 Å². The third-order valence-electron chi connectivity index (χ3n) is 4.51. The summed E-state index contributed by atoms with van der Waals surface area (Å²) in [5.41, 5.74) is 1.71. The SMILES string of the molecule is COc1ccc(S(N)(=O)=O)cc1C(=O)Nc1nc(-c2ccc3ccccc3c2)cs1. The molecule has 0 aliphatic rings. The van der Waals surface area contributed by atoms with E-state index in [0.717, 1.165) is 22.0 Å². The number of anilines is 1. The smallest absolute Gasteiger partial charge is 0.261 e. The zero-order valence-electron chi connectivity index (χ0n) is 15.8. The van der Waals surface area contributed by atoms with Gasteiger partial charge < -0.3 is 4.74 Å². The second-order valence-corrected chi connectivity index (χ2v) is 8.88. The van der Waals surface area contributed by atoms with Crippen molar-refractivity contribution in [2.75, 3.05) is 12.4 Å². The van der Waals surface area contributed by atoms with Crippen molar-refractivity contribution < 1.29 is 17.9 Å². The number of hydrogen-bond acceptors (Lipinski definition) is 6. The van der Waals surface area contributed by atoms with Crippen molar-refractivity contribution >= 4 is 43.2 Å². The van der Waals surface area contributed by atoms with Gasteiger partial charge in [0.15, 0.2) is 5.13 Å². The van der Waals surface area contributed by atoms with Crippen LogP contribution in [0.5, 0.6) is 5.75 Å². The molecule has 1 heterocycles. The average molecular weight is 440 g/mol. The van der Waals surface area contributed by atoms with Crippen LogP contribution in [0.25, 0.3) is 22.0 Å². The number of ether oxygens (including phenoxy) is 1. The highest BCUT2D eigenvalue weighted by Gasteiger charge is 2.18. The van der Waals surface area contributed by atoms with Crippen molar-refractivity contribution in [2.45, 2.75) is 4.90 Å². The first-order valence-electron chi connectivity index (χ1n) is 8.82. The molecule has 7 nitrogen and oxygen atoms in total. The number of nitrogens with zero attached hydrogens (tertiary/aromatic N) is 1. The highest BCUT2D eigenvalue weighted by Crippen LogP contribution is 2.29. The van der Waals surface area contributed by atoms with Crippen LogP contribution in [0.2, 0.25) is 0 Å². The molecule has 3 aromatic carbocycles. The molecule has 0 bridgehead atoms. The van der Waals surface area contributed by atoms with E-state index in [9.17, 15) is 13.2 Å². The van der Waals surface area contributed by atoms with Gasteiger partial charge in [-0.1, -0.05) is 36.4 Å². The molecule has 0 unspecified atom stereocenters. The summed E-state index contributed by atoms with van der Waals surface area (Å²) in [6, 6.07) is 17.9. The number of benzene rings is 3. The van der Waals surface area contributed by atoms with E-state index in [0.29, 0.717) is 5.13 Å². The number of carbonyl (C=O) groups excluding carboxylic acids is 1. The number of rotatable bonds is 5. The maximum atomic E-state index is 12.7. The van der Waals surface area contributed by atoms with E-state index in [2.05, 4.69) is 10.3 Å². The molecule has 4 aromatic rings. The van der Waals surface area contributed by atoms with E-state index in [1.807, 2.05) is 47.8 Å². The van der Waals surface area contributed by atoms with Crippen LogP contribution in [0.4, 0.5) is 5.13 Å². The number of nitrogens with one attached hydrogen (secondary N) is 1. The molecule has 1 amide bonds. The zero-order chi connectivity index (χ0) is 21.3. The minimum absolute atomic E-state index is 0.0477. The van der Waals surface area contributed by atoms with E-state index in [4.69, 9.17) is 9.88 Å². The van der Waals surface area contributed by atoms with Gasteiger partial charge in [0.1, 0.15) is 5.75 Å². The number of methoxy groups -OCH3 is 1. The van der Waals surface area contributed by atoms with Gasteiger partial charge >= 0.3 is 0 Å². The first-order chi connectivity index (χ1) is 14.3. The summed E-state index contributed by atoms with van der Waals surface area (Å²) < 4.78 is 28.4. The van der Waals surface area contributed by atoms with Gasteiger partial charge in [-0.25, -0.2) is 18.5 Å². The Morgan fingerprint density at radius 1 is 1.07 bits per heavy atom. The van der Waals surface area contributed by atoms with Crippen molar-refractivity contribution in [3.63, 3.8) is 0 Å². The van der Waals surface area contributed by atoms with Gasteiger partial charge in [-0.3, -0.25) is 10.1 Å². The molecule has 0 fully saturated rings. The Bertz CT molecular complexity index is 1360. The Morgan fingerprint density at radius 2 is 1.83 bits per heavy atom. The molecule has 0 aliphatic carbocycles. The molecule has 0 saturated heterocycles. The number of fused-ring (bicyclic) bond motifs is 1. The fourth-order valence-electron chi connectivity index (χ4n) is 3.02. The molecule has 4 rings (SSSR count). The number of aromatic nitrogens is 1. The van der Waals surface area contributed by atoms with E-state index in [1.165, 1.54) is 36.6 Å². The minimum atomic E-state index is -3.96. The molecular weight excluding hydrogens is 422 g/mol. The Labute approximate surface area is 177 Å². The van der Waals surface area contributed by atoms with Crippen LogP contribution in [0.15, 0.2) is 70.9 Å². The van der Waals surface area contributed by atoms with E-state index in [-0.39, 0.29) is 16.2 Å². The maximum absolute atomic E-state index is 12.7. The Hall–Kier alpha value is -3.27. The first kappa shape index (κ1) is 20.0. The van der Waals surface area contributed by atoms with Gasteiger partial charge in [-0.05, 0) is 35.0 Å². The summed E-state index contributed by atoms with van der Waals surface area (Å²) in [6.07, 6.45) is 0. The summed E-state index contributed by atoms with van der Waals surface area (Å²) >= 11 is 1.27. The monoisotopic (exact) mass is 439 g/mol. The Morgan fingerprint density at radius 3 is 2.57 bits per heavy atom. The summed E-state index contributed by atoms with van der Waals surface area (Å²) in [5, 5.41) is 12.3. The molecule has 0 saturated carbocycles. The molecule has 0 aliphatic heterocycles. The first-order valence-corrected chi connectivity index (χ1v) is 11.2. The maximum Gasteiger partial charge on any atom is 0.261 e. The molecular formula is C21H17N3O4S2. The van der Waals surface area contributed by atoms with Crippen LogP contribution in [0.1, 0.15) is 10.4 Å². The standard InChI is InChI=1S/C21H17N3O4S2/c1-28-19-9-8-16(30(22,26)27)11-17(19)20(25)24-21-23-18(12-29-21)15-7-6-13-4-2-3-5-14(13)10-15/h2-12H,1H3,(H2,22,26,27)(H,23,24,25). The predicted molar refractivity (Wildman–Crippen MR) is 117 cm³/mol. The van der Waals surface area contributed by atoms with Crippen molar-refractivity contribution in [1.82, 2.24) is 4.98 Å². The third-order valence-corrected chi connectivity index (χ3v) is 6.18. The average Bonchev–Trinajstić information content (AvgIpc) is 3.20. The number of primary sulfonamides is 1. The number of amides is 1. The van der Waals surface area contributed by atoms with Gasteiger partial charge in [0.05, 0.1) is 23.3 Å². The van der Waals surface area contributed by atoms with Crippen molar-refractivity contribution in [1.29, 1.82) is 0 Å². The lowest BCUT2D eigenvalue weighted by atomic mass is 10.1. The van der Waals surface area contributed by atoms with Crippen LogP contribution in [0, 0.1) is 0 Å². The van der Waals surface area contributed by atoms with Crippen LogP contribution in [-0.2, 0) is 10.0 Å². The molecule has 3 N–H and O–H groups in total. The fourth-order valence-corrected chi connectivity index (χ4v) is 4.27. The second-order valence-electron chi connectivity index (χ2n) is 6.46. The highest BCUT2D eigenvalue weighted by molar-refractivity contribution is 7.89. The van der Waals surface area contributed by atoms with Gasteiger partial charge in [-0.2, -0.15) is 0 Å². The quantitative estimate of drug-likeness (QED) is 0.490. The Kier molecular flexibility index (Phi) is 5.25. The second kappa shape index (κ2) is 7.86. The van der Waals surface area contributed by atoms with Crippen LogP contribution < -0.4 is 15.2 Å². The van der Waals surface area contributed by atoms with E-state index >= 15 is 0 Å². The topological polar surface area (TPSA) is 111 Å². The molecule has 9 heteroatoms. The van der Waals surface area contributed by atoms with Gasteiger partial charge in [0.25, 0.3) is 5.91 Å². The lowest BCUT2D eigenvalue weighted by Crippen LogP contribution is -2.16. The molecule has 0 spiro atoms. The van der Waals surface area contributed by atoms with Gasteiger partial charge in [-0.15, -0.1) is 11.3 Å². The van der Waals surface area contributed by atoms with Gasteiger partial charge in [0.2, 0.25) is 10.0 Å². The largest absolute Gasteiger partial charge is 0.496 e. The summed E-state index contributed by atoms with van der Waals surface area (Å²) in [7, 11) is -2.56. The van der Waals surface area contributed by atoms with E-state index < -0.39 is 15.9 Å². The Balaban J connectivity index is 1.61. The number of hydrogen-bond donors (Lipinski definition) is 2. The van der Waals surface area contributed by atoms with Crippen molar-refractivity contribution in [3.8, 4) is 17.0 Å². The van der Waals surface area contributed by atoms with Crippen LogP contribution in [0.3, 0.4) is 0 Å². The van der Waals surface area contributed by atoms with Crippen LogP contribution >= 0.6 is 11.3 Å². The normalized spacial score (nSPS) is 11.4. The predicted octanol–water partition coefficient (Wildman–Crippen LogP) is 3.87. The number of sulfonamides is 1. The van der Waals surface area contributed by atoms with Crippen molar-refractivity contribution in [3.05, 3.63) is 71.6 Å². The summed E-state index contributed by atoms with van der Waals surface area (Å²) in [6.45, 7) is 0. The molecule has 152 valence electrons. The molecule has 30 heavy (non-hydrogen) atoms. The summed E-state index contributed by atoms with van der Waals surface area (Å²) in [4.78, 5) is 17.0. The highest BCUT2D eigenvalue weighted by atomic mass is 32.2. The molecule has 0 atom stereocenters.